The second-order valence-corrected chi connectivity index (χ2v) is 6.50. The lowest BCUT2D eigenvalue weighted by Gasteiger charge is -2.20. The topological polar surface area (TPSA) is 12.0 Å². The molecule has 18 heavy (non-hydrogen) atoms. The molecule has 1 N–H and O–H groups in total. The van der Waals surface area contributed by atoms with Gasteiger partial charge in [0.15, 0.2) is 0 Å². The fraction of sp³-hybridized carbons (Fsp3) is 0.286. The molecule has 0 spiro atoms. The normalized spacial score (nSPS) is 12.7. The van der Waals surface area contributed by atoms with Crippen molar-refractivity contribution < 1.29 is 0 Å². The Morgan fingerprint density at radius 3 is 2.72 bits per heavy atom. The molecule has 2 aromatic rings. The van der Waals surface area contributed by atoms with Crippen molar-refractivity contribution in [3.63, 3.8) is 0 Å². The van der Waals surface area contributed by atoms with Crippen LogP contribution in [0, 0.1) is 6.92 Å². The first kappa shape index (κ1) is 14.1. The summed E-state index contributed by atoms with van der Waals surface area (Å²) in [6, 6.07) is 8.30. The maximum absolute atomic E-state index is 6.12. The van der Waals surface area contributed by atoms with Gasteiger partial charge in [0.1, 0.15) is 0 Å². The minimum Gasteiger partial charge on any atom is -0.306 e. The lowest BCUT2D eigenvalue weighted by molar-refractivity contribution is 0.628. The maximum Gasteiger partial charge on any atom is 0.0599 e. The minimum absolute atomic E-state index is 0.189. The van der Waals surface area contributed by atoms with Gasteiger partial charge < -0.3 is 5.32 Å². The van der Waals surface area contributed by atoms with Crippen LogP contribution in [0.3, 0.4) is 0 Å². The van der Waals surface area contributed by atoms with Crippen LogP contribution in [-0.4, -0.2) is 6.54 Å². The first-order chi connectivity index (χ1) is 8.63. The lowest BCUT2D eigenvalue weighted by Crippen LogP contribution is -2.22. The standard InChI is InChI=1S/C14H15BrClNS/c1-3-17-14(11-6-7-18-9(11)2)12-8-10(16)4-5-13(12)15/h4-8,14,17H,3H2,1-2H3. The van der Waals surface area contributed by atoms with Gasteiger partial charge in [0, 0.05) is 14.4 Å². The number of thiophene rings is 1. The van der Waals surface area contributed by atoms with E-state index in [1.54, 1.807) is 11.3 Å². The summed E-state index contributed by atoms with van der Waals surface area (Å²) < 4.78 is 1.09. The summed E-state index contributed by atoms with van der Waals surface area (Å²) in [5, 5.41) is 6.43. The van der Waals surface area contributed by atoms with E-state index in [4.69, 9.17) is 11.6 Å². The zero-order chi connectivity index (χ0) is 13.1. The number of hydrogen-bond donors (Lipinski definition) is 1. The Bertz CT molecular complexity index is 538. The largest absolute Gasteiger partial charge is 0.306 e. The third kappa shape index (κ3) is 2.97. The van der Waals surface area contributed by atoms with Crippen molar-refractivity contribution in [3.05, 3.63) is 55.1 Å². The molecule has 96 valence electrons. The highest BCUT2D eigenvalue weighted by Crippen LogP contribution is 2.33. The van der Waals surface area contributed by atoms with Crippen molar-refractivity contribution in [3.8, 4) is 0 Å². The Morgan fingerprint density at radius 2 is 2.11 bits per heavy atom. The summed E-state index contributed by atoms with van der Waals surface area (Å²) >= 11 is 11.5. The zero-order valence-corrected chi connectivity index (χ0v) is 13.5. The number of halogens is 2. The van der Waals surface area contributed by atoms with Crippen molar-refractivity contribution >= 4 is 38.9 Å². The van der Waals surface area contributed by atoms with Crippen LogP contribution >= 0.6 is 38.9 Å². The van der Waals surface area contributed by atoms with E-state index in [-0.39, 0.29) is 6.04 Å². The first-order valence-corrected chi connectivity index (χ1v) is 7.91. The molecule has 0 aliphatic rings. The molecule has 1 unspecified atom stereocenters. The predicted octanol–water partition coefficient (Wildman–Crippen LogP) is 5.17. The average molecular weight is 345 g/mol. The number of hydrogen-bond acceptors (Lipinski definition) is 2. The van der Waals surface area contributed by atoms with Crippen LogP contribution < -0.4 is 5.32 Å². The molecule has 0 saturated heterocycles. The van der Waals surface area contributed by atoms with Gasteiger partial charge in [0.2, 0.25) is 0 Å². The average Bonchev–Trinajstić information content (AvgIpc) is 2.76. The van der Waals surface area contributed by atoms with Crippen molar-refractivity contribution in [1.82, 2.24) is 5.32 Å². The fourth-order valence-electron chi connectivity index (χ4n) is 2.02. The van der Waals surface area contributed by atoms with Gasteiger partial charge in [0.25, 0.3) is 0 Å². The highest BCUT2D eigenvalue weighted by atomic mass is 79.9. The molecule has 0 fully saturated rings. The zero-order valence-electron chi connectivity index (χ0n) is 10.3. The molecular formula is C14H15BrClNS. The third-order valence-electron chi connectivity index (χ3n) is 2.89. The highest BCUT2D eigenvalue weighted by Gasteiger charge is 2.18. The summed E-state index contributed by atoms with van der Waals surface area (Å²) in [7, 11) is 0. The Balaban J connectivity index is 2.48. The van der Waals surface area contributed by atoms with E-state index in [1.165, 1.54) is 16.0 Å². The second-order valence-electron chi connectivity index (χ2n) is 4.09. The maximum atomic E-state index is 6.12. The molecular weight excluding hydrogens is 330 g/mol. The molecule has 1 nitrogen and oxygen atoms in total. The predicted molar refractivity (Wildman–Crippen MR) is 83.7 cm³/mol. The Hall–Kier alpha value is -0.350. The van der Waals surface area contributed by atoms with E-state index in [2.05, 4.69) is 46.5 Å². The van der Waals surface area contributed by atoms with Crippen LogP contribution in [0.5, 0.6) is 0 Å². The molecule has 1 aromatic heterocycles. The molecule has 1 heterocycles. The van der Waals surface area contributed by atoms with Gasteiger partial charge in [-0.1, -0.05) is 34.5 Å². The van der Waals surface area contributed by atoms with Gasteiger partial charge in [0.05, 0.1) is 6.04 Å². The summed E-state index contributed by atoms with van der Waals surface area (Å²) in [4.78, 5) is 1.34. The van der Waals surface area contributed by atoms with Gasteiger partial charge in [-0.15, -0.1) is 11.3 Å². The van der Waals surface area contributed by atoms with Crippen molar-refractivity contribution in [1.29, 1.82) is 0 Å². The van der Waals surface area contributed by atoms with Crippen molar-refractivity contribution in [2.45, 2.75) is 19.9 Å². The van der Waals surface area contributed by atoms with E-state index in [9.17, 15) is 0 Å². The van der Waals surface area contributed by atoms with Gasteiger partial charge in [-0.2, -0.15) is 0 Å². The van der Waals surface area contributed by atoms with E-state index < -0.39 is 0 Å². The van der Waals surface area contributed by atoms with Gasteiger partial charge in [-0.3, -0.25) is 0 Å². The summed E-state index contributed by atoms with van der Waals surface area (Å²) in [5.74, 6) is 0. The Labute approximate surface area is 125 Å². The molecule has 4 heteroatoms. The van der Waals surface area contributed by atoms with Crippen LogP contribution in [0.4, 0.5) is 0 Å². The van der Waals surface area contributed by atoms with Crippen molar-refractivity contribution in [2.75, 3.05) is 6.54 Å². The van der Waals surface area contributed by atoms with E-state index >= 15 is 0 Å². The Kier molecular flexibility index (Phi) is 4.84. The lowest BCUT2D eigenvalue weighted by atomic mass is 9.99. The number of rotatable bonds is 4. The van der Waals surface area contributed by atoms with Gasteiger partial charge in [-0.05, 0) is 54.2 Å². The van der Waals surface area contributed by atoms with Crippen LogP contribution in [-0.2, 0) is 0 Å². The smallest absolute Gasteiger partial charge is 0.0599 e. The van der Waals surface area contributed by atoms with Gasteiger partial charge in [-0.25, -0.2) is 0 Å². The van der Waals surface area contributed by atoms with E-state index in [1.807, 2.05) is 18.2 Å². The molecule has 0 aliphatic carbocycles. The first-order valence-electron chi connectivity index (χ1n) is 5.85. The molecule has 0 saturated carbocycles. The van der Waals surface area contributed by atoms with E-state index in [0.29, 0.717) is 0 Å². The van der Waals surface area contributed by atoms with Crippen LogP contribution in [0.25, 0.3) is 0 Å². The SMILES string of the molecule is CCNC(c1cc(Cl)ccc1Br)c1ccsc1C. The molecule has 1 atom stereocenters. The summed E-state index contributed by atoms with van der Waals surface area (Å²) in [6.07, 6.45) is 0. The van der Waals surface area contributed by atoms with E-state index in [0.717, 1.165) is 16.0 Å². The number of aryl methyl sites for hydroxylation is 1. The van der Waals surface area contributed by atoms with Crippen LogP contribution in [0.15, 0.2) is 34.1 Å². The molecule has 0 radical (unpaired) electrons. The molecule has 1 aromatic carbocycles. The quantitative estimate of drug-likeness (QED) is 0.806. The molecule has 0 bridgehead atoms. The number of nitrogens with one attached hydrogen (secondary N) is 1. The number of benzene rings is 1. The summed E-state index contributed by atoms with van der Waals surface area (Å²) in [6.45, 7) is 5.19. The highest BCUT2D eigenvalue weighted by molar-refractivity contribution is 9.10. The summed E-state index contributed by atoms with van der Waals surface area (Å²) in [5.41, 5.74) is 2.51. The molecule has 0 aliphatic heterocycles. The minimum atomic E-state index is 0.189. The third-order valence-corrected chi connectivity index (χ3v) is 4.71. The van der Waals surface area contributed by atoms with Gasteiger partial charge >= 0.3 is 0 Å². The molecule has 2 rings (SSSR count). The van der Waals surface area contributed by atoms with Crippen LogP contribution in [0.2, 0.25) is 5.02 Å². The second kappa shape index (κ2) is 6.20. The van der Waals surface area contributed by atoms with Crippen LogP contribution in [0.1, 0.15) is 29.0 Å². The van der Waals surface area contributed by atoms with Crippen molar-refractivity contribution in [2.24, 2.45) is 0 Å². The molecule has 0 amide bonds. The fourth-order valence-corrected chi connectivity index (χ4v) is 3.42. The monoisotopic (exact) mass is 343 g/mol. The Morgan fingerprint density at radius 1 is 1.33 bits per heavy atom.